The Morgan fingerprint density at radius 3 is 2.47 bits per heavy atom. The molecule has 0 atom stereocenters. The molecule has 0 radical (unpaired) electrons. The summed E-state index contributed by atoms with van der Waals surface area (Å²) in [6.07, 6.45) is 9.91. The maximum absolute atomic E-state index is 13.8. The molecule has 4 heterocycles. The molecule has 0 spiro atoms. The second-order valence-electron chi connectivity index (χ2n) is 8.42. The first-order valence-corrected chi connectivity index (χ1v) is 13.0. The van der Waals surface area contributed by atoms with E-state index in [9.17, 15) is 9.18 Å². The molecule has 0 saturated carbocycles. The largest absolute Gasteiger partial charge is 0.352 e. The Hall–Kier alpha value is -3.54. The first kappa shape index (κ1) is 24.2. The second-order valence-corrected chi connectivity index (χ2v) is 9.18. The number of pyridine rings is 1. The number of carbonyl (C=O) groups is 1. The normalized spacial score (nSPS) is 13.6. The molecule has 0 unspecified atom stereocenters. The minimum absolute atomic E-state index is 0.125. The summed E-state index contributed by atoms with van der Waals surface area (Å²) in [6, 6.07) is 6.65. The van der Waals surface area contributed by atoms with Crippen molar-refractivity contribution in [1.82, 2.24) is 29.8 Å². The molecule has 1 aliphatic rings. The summed E-state index contributed by atoms with van der Waals surface area (Å²) >= 11 is 2.31. The summed E-state index contributed by atoms with van der Waals surface area (Å²) in [7, 11) is 0. The predicted octanol–water partition coefficient (Wildman–Crippen LogP) is 4.34. The number of rotatable bonds is 5. The third-order valence-corrected chi connectivity index (χ3v) is 7.00. The van der Waals surface area contributed by atoms with Crippen LogP contribution in [-0.2, 0) is 4.43 Å². The Balaban J connectivity index is 1.47. The molecule has 1 saturated heterocycles. The standard InChI is InChI=1S/C26H23FIN7O/c1-17-12-19(27)2-3-20(17)24-25(21-4-5-29-14-18(21)13-28)33-23(16-32-24)34-8-10-35(11-9-34)26(36)22-15-30-6-7-31-22/h2-7,12,14-16H,8-11,13H2,1H3. The van der Waals surface area contributed by atoms with Crippen LogP contribution >= 0.6 is 22.6 Å². The van der Waals surface area contributed by atoms with Gasteiger partial charge in [0, 0.05) is 66.5 Å². The molecule has 0 bridgehead atoms. The van der Waals surface area contributed by atoms with Crippen molar-refractivity contribution in [2.45, 2.75) is 11.4 Å². The van der Waals surface area contributed by atoms with Crippen LogP contribution in [0.15, 0.2) is 61.4 Å². The van der Waals surface area contributed by atoms with Gasteiger partial charge >= 0.3 is 0 Å². The maximum atomic E-state index is 13.8. The van der Waals surface area contributed by atoms with E-state index < -0.39 is 0 Å². The molecule has 182 valence electrons. The van der Waals surface area contributed by atoms with Crippen molar-refractivity contribution in [3.8, 4) is 22.5 Å². The maximum Gasteiger partial charge on any atom is 0.274 e. The summed E-state index contributed by atoms with van der Waals surface area (Å²) in [6.45, 7) is 4.19. The van der Waals surface area contributed by atoms with Crippen molar-refractivity contribution in [3.63, 3.8) is 0 Å². The van der Waals surface area contributed by atoms with Crippen molar-refractivity contribution >= 4 is 34.3 Å². The Labute approximate surface area is 221 Å². The summed E-state index contributed by atoms with van der Waals surface area (Å²) in [5.41, 5.74) is 5.39. The first-order valence-electron chi connectivity index (χ1n) is 11.5. The van der Waals surface area contributed by atoms with Gasteiger partial charge < -0.3 is 9.80 Å². The number of hydrogen-bond acceptors (Lipinski definition) is 7. The van der Waals surface area contributed by atoms with Gasteiger partial charge in [0.05, 0.1) is 23.8 Å². The SMILES string of the molecule is Cc1cc(F)ccc1-c1ncc(N2CCN(C(=O)c3cnccn3)CC2)nc1-c1ccncc1CI. The average Bonchev–Trinajstić information content (AvgIpc) is 2.93. The van der Waals surface area contributed by atoms with Crippen LogP contribution in [-0.4, -0.2) is 61.9 Å². The predicted molar refractivity (Wildman–Crippen MR) is 143 cm³/mol. The van der Waals surface area contributed by atoms with Crippen LogP contribution in [0.1, 0.15) is 21.6 Å². The van der Waals surface area contributed by atoms with E-state index in [4.69, 9.17) is 9.97 Å². The van der Waals surface area contributed by atoms with Gasteiger partial charge in [0.2, 0.25) is 0 Å². The zero-order valence-electron chi connectivity index (χ0n) is 19.6. The van der Waals surface area contributed by atoms with Crippen LogP contribution in [0.3, 0.4) is 0 Å². The summed E-state index contributed by atoms with van der Waals surface area (Å²) < 4.78 is 14.6. The van der Waals surface area contributed by atoms with Gasteiger partial charge in [0.1, 0.15) is 17.3 Å². The molecule has 3 aromatic heterocycles. The van der Waals surface area contributed by atoms with Crippen molar-refractivity contribution in [3.05, 3.63) is 84.1 Å². The number of piperazine rings is 1. The fourth-order valence-corrected chi connectivity index (χ4v) is 4.89. The molecular formula is C26H23FIN7O. The van der Waals surface area contributed by atoms with Crippen LogP contribution < -0.4 is 4.90 Å². The number of nitrogens with zero attached hydrogens (tertiary/aromatic N) is 7. The van der Waals surface area contributed by atoms with Crippen molar-refractivity contribution < 1.29 is 9.18 Å². The van der Waals surface area contributed by atoms with E-state index in [1.165, 1.54) is 24.5 Å². The fraction of sp³-hybridized carbons (Fsp3) is 0.231. The number of halogens is 2. The summed E-state index contributed by atoms with van der Waals surface area (Å²) in [5.74, 6) is 0.324. The fourth-order valence-electron chi connectivity index (χ4n) is 4.28. The Morgan fingerprint density at radius 2 is 1.75 bits per heavy atom. The molecular weight excluding hydrogens is 572 g/mol. The molecule has 0 N–H and O–H groups in total. The van der Waals surface area contributed by atoms with Crippen LogP contribution in [0.25, 0.3) is 22.5 Å². The Kier molecular flexibility index (Phi) is 7.12. The van der Waals surface area contributed by atoms with E-state index >= 15 is 0 Å². The molecule has 1 fully saturated rings. The van der Waals surface area contributed by atoms with Crippen molar-refractivity contribution in [2.24, 2.45) is 0 Å². The number of anilines is 1. The smallest absolute Gasteiger partial charge is 0.274 e. The molecule has 10 heteroatoms. The van der Waals surface area contributed by atoms with Crippen LogP contribution in [0, 0.1) is 12.7 Å². The lowest BCUT2D eigenvalue weighted by Gasteiger charge is -2.35. The monoisotopic (exact) mass is 595 g/mol. The van der Waals surface area contributed by atoms with E-state index in [1.807, 2.05) is 19.2 Å². The van der Waals surface area contributed by atoms with Gasteiger partial charge in [-0.1, -0.05) is 22.6 Å². The number of aryl methyl sites for hydroxylation is 1. The van der Waals surface area contributed by atoms with Gasteiger partial charge in [-0.2, -0.15) is 0 Å². The average molecular weight is 595 g/mol. The first-order chi connectivity index (χ1) is 17.5. The minimum atomic E-state index is -0.284. The highest BCUT2D eigenvalue weighted by Crippen LogP contribution is 2.35. The second kappa shape index (κ2) is 10.6. The highest BCUT2D eigenvalue weighted by Gasteiger charge is 2.25. The Morgan fingerprint density at radius 1 is 0.944 bits per heavy atom. The number of hydrogen-bond donors (Lipinski definition) is 0. The number of aromatic nitrogens is 5. The van der Waals surface area contributed by atoms with E-state index in [0.717, 1.165) is 38.2 Å². The van der Waals surface area contributed by atoms with Gasteiger partial charge in [-0.3, -0.25) is 19.7 Å². The molecule has 0 aliphatic carbocycles. The zero-order chi connectivity index (χ0) is 25.1. The van der Waals surface area contributed by atoms with E-state index in [-0.39, 0.29) is 11.7 Å². The van der Waals surface area contributed by atoms with E-state index in [1.54, 1.807) is 29.6 Å². The summed E-state index contributed by atoms with van der Waals surface area (Å²) in [4.78, 5) is 38.9. The quantitative estimate of drug-likeness (QED) is 0.251. The van der Waals surface area contributed by atoms with Crippen LogP contribution in [0.5, 0.6) is 0 Å². The highest BCUT2D eigenvalue weighted by atomic mass is 127. The molecule has 1 aromatic carbocycles. The van der Waals surface area contributed by atoms with Crippen molar-refractivity contribution in [2.75, 3.05) is 31.1 Å². The molecule has 36 heavy (non-hydrogen) atoms. The van der Waals surface area contributed by atoms with Gasteiger partial charge in [0.25, 0.3) is 5.91 Å². The topological polar surface area (TPSA) is 88.0 Å². The Bertz CT molecular complexity index is 1390. The number of amides is 1. The third kappa shape index (κ3) is 4.90. The lowest BCUT2D eigenvalue weighted by molar-refractivity contribution is 0.0740. The summed E-state index contributed by atoms with van der Waals surface area (Å²) in [5, 5.41) is 0. The third-order valence-electron chi connectivity index (χ3n) is 6.18. The van der Waals surface area contributed by atoms with Crippen molar-refractivity contribution in [1.29, 1.82) is 0 Å². The molecule has 1 aliphatic heterocycles. The van der Waals surface area contributed by atoms with Gasteiger partial charge in [0.15, 0.2) is 0 Å². The number of benzene rings is 1. The molecule has 1 amide bonds. The van der Waals surface area contributed by atoms with Gasteiger partial charge in [-0.05, 0) is 42.3 Å². The highest BCUT2D eigenvalue weighted by molar-refractivity contribution is 14.1. The minimum Gasteiger partial charge on any atom is -0.352 e. The lowest BCUT2D eigenvalue weighted by Crippen LogP contribution is -2.49. The molecule has 4 aromatic rings. The van der Waals surface area contributed by atoms with Gasteiger partial charge in [-0.25, -0.2) is 14.4 Å². The van der Waals surface area contributed by atoms with Crippen LogP contribution in [0.2, 0.25) is 0 Å². The number of alkyl halides is 1. The molecule has 8 nitrogen and oxygen atoms in total. The lowest BCUT2D eigenvalue weighted by atomic mass is 9.99. The number of carbonyl (C=O) groups excluding carboxylic acids is 1. The van der Waals surface area contributed by atoms with Crippen LogP contribution in [0.4, 0.5) is 10.2 Å². The van der Waals surface area contributed by atoms with Gasteiger partial charge in [-0.15, -0.1) is 0 Å². The van der Waals surface area contributed by atoms with E-state index in [0.29, 0.717) is 37.6 Å². The molecule has 5 rings (SSSR count). The zero-order valence-corrected chi connectivity index (χ0v) is 21.8. The van der Waals surface area contributed by atoms with E-state index in [2.05, 4.69) is 42.4 Å².